The summed E-state index contributed by atoms with van der Waals surface area (Å²) in [6.45, 7) is 3.62. The first-order chi connectivity index (χ1) is 12.5. The van der Waals surface area contributed by atoms with Gasteiger partial charge in [-0.1, -0.05) is 17.3 Å². The molecule has 130 valence electrons. The van der Waals surface area contributed by atoms with Crippen LogP contribution in [0.15, 0.2) is 52.0 Å². The quantitative estimate of drug-likeness (QED) is 0.573. The first-order valence-corrected chi connectivity index (χ1v) is 7.87. The number of aromatic amines is 1. The van der Waals surface area contributed by atoms with Crippen molar-refractivity contribution in [1.82, 2.24) is 24.7 Å². The predicted molar refractivity (Wildman–Crippen MR) is 92.3 cm³/mol. The molecular formula is C18H14FN5O2. The van der Waals surface area contributed by atoms with Crippen molar-refractivity contribution < 1.29 is 8.91 Å². The summed E-state index contributed by atoms with van der Waals surface area (Å²) < 4.78 is 20.7. The lowest BCUT2D eigenvalue weighted by atomic mass is 10.2. The molecule has 4 aromatic rings. The Morgan fingerprint density at radius 1 is 1.23 bits per heavy atom. The molecule has 0 spiro atoms. The number of hydrogen-bond acceptors (Lipinski definition) is 5. The molecule has 0 saturated heterocycles. The molecule has 0 aliphatic carbocycles. The van der Waals surface area contributed by atoms with E-state index >= 15 is 0 Å². The van der Waals surface area contributed by atoms with E-state index in [0.717, 1.165) is 11.3 Å². The molecule has 7 nitrogen and oxygen atoms in total. The zero-order valence-corrected chi connectivity index (χ0v) is 14.0. The number of aryl methyl sites for hydroxylation is 2. The molecule has 0 radical (unpaired) electrons. The lowest BCUT2D eigenvalue weighted by Crippen LogP contribution is -2.15. The van der Waals surface area contributed by atoms with Crippen molar-refractivity contribution in [3.05, 3.63) is 70.4 Å². The van der Waals surface area contributed by atoms with Crippen molar-refractivity contribution in [2.45, 2.75) is 13.8 Å². The van der Waals surface area contributed by atoms with Crippen molar-refractivity contribution in [3.8, 4) is 28.5 Å². The van der Waals surface area contributed by atoms with Gasteiger partial charge in [0.25, 0.3) is 5.89 Å². The summed E-state index contributed by atoms with van der Waals surface area (Å²) in [7, 11) is 0. The fourth-order valence-corrected chi connectivity index (χ4v) is 2.71. The van der Waals surface area contributed by atoms with Crippen LogP contribution in [-0.4, -0.2) is 24.7 Å². The van der Waals surface area contributed by atoms with Gasteiger partial charge in [0.2, 0.25) is 11.8 Å². The predicted octanol–water partition coefficient (Wildman–Crippen LogP) is 3.03. The van der Waals surface area contributed by atoms with Gasteiger partial charge in [-0.25, -0.2) is 9.78 Å². The van der Waals surface area contributed by atoms with Gasteiger partial charge in [-0.3, -0.25) is 4.57 Å². The highest BCUT2D eigenvalue weighted by atomic mass is 19.1. The Morgan fingerprint density at radius 2 is 2.08 bits per heavy atom. The van der Waals surface area contributed by atoms with Crippen LogP contribution >= 0.6 is 0 Å². The molecule has 1 N–H and O–H groups in total. The van der Waals surface area contributed by atoms with Crippen LogP contribution in [0.1, 0.15) is 11.3 Å². The number of nitrogens with one attached hydrogen (secondary N) is 1. The molecule has 3 heterocycles. The van der Waals surface area contributed by atoms with Gasteiger partial charge in [-0.05, 0) is 37.6 Å². The number of H-pyrrole nitrogens is 1. The van der Waals surface area contributed by atoms with E-state index in [2.05, 4.69) is 20.1 Å². The molecule has 0 bridgehead atoms. The number of aromatic nitrogens is 5. The van der Waals surface area contributed by atoms with Crippen molar-refractivity contribution in [2.24, 2.45) is 0 Å². The van der Waals surface area contributed by atoms with Crippen LogP contribution in [0.25, 0.3) is 28.5 Å². The fourth-order valence-electron chi connectivity index (χ4n) is 2.71. The van der Waals surface area contributed by atoms with Crippen LogP contribution in [0.3, 0.4) is 0 Å². The average molecular weight is 351 g/mol. The van der Waals surface area contributed by atoms with E-state index < -0.39 is 5.95 Å². The number of pyridine rings is 1. The lowest BCUT2D eigenvalue weighted by molar-refractivity contribution is 0.428. The third-order valence-corrected chi connectivity index (χ3v) is 3.96. The minimum Gasteiger partial charge on any atom is -0.333 e. The number of imidazole rings is 1. The maximum atomic E-state index is 13.9. The Balaban J connectivity index is 1.76. The number of hydrogen-bond donors (Lipinski definition) is 1. The average Bonchev–Trinajstić information content (AvgIpc) is 3.24. The van der Waals surface area contributed by atoms with Gasteiger partial charge >= 0.3 is 5.69 Å². The summed E-state index contributed by atoms with van der Waals surface area (Å²) in [5.74, 6) is -0.327. The minimum absolute atomic E-state index is 0.0501. The Labute approximate surface area is 147 Å². The summed E-state index contributed by atoms with van der Waals surface area (Å²) >= 11 is 0. The molecule has 8 heteroatoms. The fraction of sp³-hybridized carbons (Fsp3) is 0.111. The highest BCUT2D eigenvalue weighted by Crippen LogP contribution is 2.25. The molecule has 1 aromatic carbocycles. The summed E-state index contributed by atoms with van der Waals surface area (Å²) in [6, 6.07) is 8.74. The topological polar surface area (TPSA) is 89.6 Å². The van der Waals surface area contributed by atoms with Crippen molar-refractivity contribution in [3.63, 3.8) is 0 Å². The Hall–Kier alpha value is -3.55. The van der Waals surface area contributed by atoms with Gasteiger partial charge in [-0.15, -0.1) is 0 Å². The molecular weight excluding hydrogens is 337 g/mol. The summed E-state index contributed by atoms with van der Waals surface area (Å²) in [4.78, 5) is 22.5. The summed E-state index contributed by atoms with van der Waals surface area (Å²) in [5, 5.41) is 3.93. The second kappa shape index (κ2) is 6.07. The van der Waals surface area contributed by atoms with Crippen molar-refractivity contribution in [1.29, 1.82) is 0 Å². The number of benzene rings is 1. The van der Waals surface area contributed by atoms with E-state index in [1.807, 2.05) is 6.92 Å². The first-order valence-electron chi connectivity index (χ1n) is 7.87. The Kier molecular flexibility index (Phi) is 3.72. The molecule has 0 unspecified atom stereocenters. The van der Waals surface area contributed by atoms with E-state index in [1.54, 1.807) is 43.5 Å². The molecule has 4 rings (SSSR count). The smallest absolute Gasteiger partial charge is 0.330 e. The molecule has 0 aliphatic heterocycles. The largest absolute Gasteiger partial charge is 0.333 e. The third-order valence-electron chi connectivity index (χ3n) is 3.96. The van der Waals surface area contributed by atoms with Crippen LogP contribution in [-0.2, 0) is 0 Å². The minimum atomic E-state index is -0.672. The standard InChI is InChI=1S/C18H14FN5O2/c1-10-6-14(15(19)20-8-10)17-22-16(23-26-17)12-4-3-5-13(7-12)24-11(2)9-21-18(24)25/h3-9H,1-2H3,(H,21,25). The highest BCUT2D eigenvalue weighted by molar-refractivity contribution is 5.62. The SMILES string of the molecule is Cc1cnc(F)c(-c2nc(-c3cccc(-n4c(C)c[nH]c4=O)c3)no2)c1. The van der Waals surface area contributed by atoms with Crippen LogP contribution < -0.4 is 5.69 Å². The summed E-state index contributed by atoms with van der Waals surface area (Å²) in [6.07, 6.45) is 3.06. The van der Waals surface area contributed by atoms with E-state index in [4.69, 9.17) is 4.52 Å². The molecule has 0 amide bonds. The van der Waals surface area contributed by atoms with Gasteiger partial charge in [0, 0.05) is 23.7 Å². The van der Waals surface area contributed by atoms with E-state index in [1.165, 1.54) is 10.8 Å². The Bertz CT molecular complexity index is 1160. The van der Waals surface area contributed by atoms with Gasteiger partial charge in [0.15, 0.2) is 0 Å². The van der Waals surface area contributed by atoms with Crippen LogP contribution in [0.5, 0.6) is 0 Å². The monoisotopic (exact) mass is 351 g/mol. The molecule has 0 aliphatic rings. The van der Waals surface area contributed by atoms with Gasteiger partial charge in [0.1, 0.15) is 0 Å². The van der Waals surface area contributed by atoms with Crippen molar-refractivity contribution in [2.75, 3.05) is 0 Å². The normalized spacial score (nSPS) is 11.0. The van der Waals surface area contributed by atoms with Crippen LogP contribution in [0.2, 0.25) is 0 Å². The zero-order chi connectivity index (χ0) is 18.3. The van der Waals surface area contributed by atoms with Crippen LogP contribution in [0, 0.1) is 19.8 Å². The molecule has 3 aromatic heterocycles. The second-order valence-electron chi connectivity index (χ2n) is 5.90. The summed E-state index contributed by atoms with van der Waals surface area (Å²) in [5.41, 5.74) is 2.78. The molecule has 26 heavy (non-hydrogen) atoms. The van der Waals surface area contributed by atoms with E-state index in [9.17, 15) is 9.18 Å². The Morgan fingerprint density at radius 3 is 2.85 bits per heavy atom. The third kappa shape index (κ3) is 2.71. The number of halogens is 1. The van der Waals surface area contributed by atoms with E-state index in [-0.39, 0.29) is 17.1 Å². The maximum absolute atomic E-state index is 13.9. The van der Waals surface area contributed by atoms with Crippen LogP contribution in [0.4, 0.5) is 4.39 Å². The number of nitrogens with zero attached hydrogens (tertiary/aromatic N) is 4. The maximum Gasteiger partial charge on any atom is 0.330 e. The molecule has 0 fully saturated rings. The van der Waals surface area contributed by atoms with Crippen molar-refractivity contribution >= 4 is 0 Å². The molecule has 0 saturated carbocycles. The molecule has 0 atom stereocenters. The van der Waals surface area contributed by atoms with Gasteiger partial charge < -0.3 is 9.51 Å². The van der Waals surface area contributed by atoms with Gasteiger partial charge in [0.05, 0.1) is 11.3 Å². The highest BCUT2D eigenvalue weighted by Gasteiger charge is 2.16. The first kappa shape index (κ1) is 15.9. The lowest BCUT2D eigenvalue weighted by Gasteiger charge is -2.05. The second-order valence-corrected chi connectivity index (χ2v) is 5.90. The number of rotatable bonds is 3. The zero-order valence-electron chi connectivity index (χ0n) is 14.0. The van der Waals surface area contributed by atoms with E-state index in [0.29, 0.717) is 17.1 Å². The van der Waals surface area contributed by atoms with Gasteiger partial charge in [-0.2, -0.15) is 9.37 Å².